The molecule has 3 N–H and O–H groups in total. The van der Waals surface area contributed by atoms with Crippen LogP contribution in [0.1, 0.15) is 35.2 Å². The van der Waals surface area contributed by atoms with Gasteiger partial charge in [0.05, 0.1) is 11.6 Å². The molecule has 0 saturated heterocycles. The number of thiophene rings is 1. The summed E-state index contributed by atoms with van der Waals surface area (Å²) in [6.45, 7) is 8.61. The molecule has 26 heavy (non-hydrogen) atoms. The molecule has 0 amide bonds. The van der Waals surface area contributed by atoms with Gasteiger partial charge in [0.1, 0.15) is 16.5 Å². The van der Waals surface area contributed by atoms with Gasteiger partial charge in [-0.15, -0.1) is 36.2 Å². The summed E-state index contributed by atoms with van der Waals surface area (Å²) in [5.41, 5.74) is 8.08. The Morgan fingerprint density at radius 2 is 2.00 bits per heavy atom. The van der Waals surface area contributed by atoms with Crippen LogP contribution in [0.5, 0.6) is 0 Å². The third-order valence-electron chi connectivity index (χ3n) is 4.04. The lowest BCUT2D eigenvalue weighted by Gasteiger charge is -2.08. The zero-order valence-electron chi connectivity index (χ0n) is 15.3. The van der Waals surface area contributed by atoms with Crippen LogP contribution in [0.4, 0.5) is 5.82 Å². The first kappa shape index (κ1) is 22.6. The van der Waals surface area contributed by atoms with Crippen LogP contribution in [-0.2, 0) is 19.5 Å². The van der Waals surface area contributed by atoms with E-state index in [2.05, 4.69) is 42.4 Å². The third-order valence-corrected chi connectivity index (χ3v) is 5.14. The summed E-state index contributed by atoms with van der Waals surface area (Å²) in [6, 6.07) is 0. The predicted molar refractivity (Wildman–Crippen MR) is 114 cm³/mol. The summed E-state index contributed by atoms with van der Waals surface area (Å²) < 4.78 is 1.98. The Kier molecular flexibility index (Phi) is 8.76. The first-order valence-electron chi connectivity index (χ1n) is 8.34. The van der Waals surface area contributed by atoms with Crippen molar-refractivity contribution < 1.29 is 0 Å². The van der Waals surface area contributed by atoms with E-state index in [1.54, 1.807) is 11.3 Å². The van der Waals surface area contributed by atoms with Gasteiger partial charge < -0.3 is 11.1 Å². The van der Waals surface area contributed by atoms with Crippen molar-refractivity contribution in [1.82, 2.24) is 19.7 Å². The molecule has 9 heteroatoms. The minimum atomic E-state index is 0. The Morgan fingerprint density at radius 1 is 1.23 bits per heavy atom. The highest BCUT2D eigenvalue weighted by Gasteiger charge is 2.14. The number of hydrogen-bond donors (Lipinski definition) is 2. The molecule has 0 unspecified atom stereocenters. The predicted octanol–water partition coefficient (Wildman–Crippen LogP) is 3.87. The molecule has 0 aliphatic heterocycles. The summed E-state index contributed by atoms with van der Waals surface area (Å²) in [7, 11) is 0. The molecule has 3 aromatic rings. The van der Waals surface area contributed by atoms with Gasteiger partial charge >= 0.3 is 0 Å². The molecule has 0 saturated carbocycles. The number of fused-ring (bicyclic) bond motifs is 1. The van der Waals surface area contributed by atoms with Crippen LogP contribution in [0.2, 0.25) is 0 Å². The lowest BCUT2D eigenvalue weighted by atomic mass is 10.2. The lowest BCUT2D eigenvalue weighted by Crippen LogP contribution is -2.09. The molecule has 0 radical (unpaired) electrons. The number of nitrogens with one attached hydrogen (secondary N) is 1. The largest absolute Gasteiger partial charge is 0.365 e. The van der Waals surface area contributed by atoms with E-state index in [-0.39, 0.29) is 24.8 Å². The molecule has 3 aromatic heterocycles. The van der Waals surface area contributed by atoms with E-state index in [0.29, 0.717) is 19.5 Å². The zero-order chi connectivity index (χ0) is 17.1. The zero-order valence-corrected chi connectivity index (χ0v) is 17.7. The van der Waals surface area contributed by atoms with Crippen LogP contribution < -0.4 is 11.1 Å². The maximum absolute atomic E-state index is 5.68. The van der Waals surface area contributed by atoms with E-state index in [4.69, 9.17) is 10.7 Å². The Bertz CT molecular complexity index is 845. The van der Waals surface area contributed by atoms with Crippen molar-refractivity contribution in [2.75, 3.05) is 11.9 Å². The summed E-state index contributed by atoms with van der Waals surface area (Å²) in [5.74, 6) is 1.70. The second kappa shape index (κ2) is 10.1. The van der Waals surface area contributed by atoms with E-state index in [1.165, 1.54) is 10.4 Å². The molecule has 0 aliphatic carbocycles. The molecular weight excluding hydrogens is 391 g/mol. The van der Waals surface area contributed by atoms with E-state index in [1.807, 2.05) is 10.9 Å². The standard InChI is InChI=1S/C17H24N6S.2ClH/c1-4-7-23-10-13(9-20-23)8-19-16-15-11(2)12(3)24-17(15)22-14(21-16)5-6-18;;/h9-10H,4-8,18H2,1-3H3,(H,19,21,22);2*1H. The SMILES string of the molecule is CCCn1cc(CNc2nc(CCN)nc3sc(C)c(C)c23)cn1.Cl.Cl. The molecule has 0 fully saturated rings. The van der Waals surface area contributed by atoms with Crippen LogP contribution in [0.3, 0.4) is 0 Å². The number of halogens is 2. The monoisotopic (exact) mass is 416 g/mol. The Hall–Kier alpha value is -1.41. The minimum Gasteiger partial charge on any atom is -0.365 e. The van der Waals surface area contributed by atoms with Gasteiger partial charge in [0, 0.05) is 36.1 Å². The van der Waals surface area contributed by atoms with Crippen molar-refractivity contribution in [3.8, 4) is 0 Å². The summed E-state index contributed by atoms with van der Waals surface area (Å²) in [5, 5.41) is 8.98. The highest BCUT2D eigenvalue weighted by atomic mass is 35.5. The van der Waals surface area contributed by atoms with Gasteiger partial charge in [-0.3, -0.25) is 4.68 Å². The smallest absolute Gasteiger partial charge is 0.139 e. The number of nitrogens with two attached hydrogens (primary N) is 1. The number of hydrogen-bond acceptors (Lipinski definition) is 6. The molecular formula is C17H26Cl2N6S. The van der Waals surface area contributed by atoms with E-state index < -0.39 is 0 Å². The highest BCUT2D eigenvalue weighted by molar-refractivity contribution is 7.18. The van der Waals surface area contributed by atoms with Crippen molar-refractivity contribution in [2.24, 2.45) is 5.73 Å². The first-order chi connectivity index (χ1) is 11.6. The fourth-order valence-corrected chi connectivity index (χ4v) is 3.75. The third kappa shape index (κ3) is 4.85. The van der Waals surface area contributed by atoms with Crippen molar-refractivity contribution in [2.45, 2.75) is 46.7 Å². The van der Waals surface area contributed by atoms with Crippen LogP contribution in [0.25, 0.3) is 10.2 Å². The van der Waals surface area contributed by atoms with E-state index in [0.717, 1.165) is 40.4 Å². The van der Waals surface area contributed by atoms with Gasteiger partial charge in [-0.1, -0.05) is 6.92 Å². The molecule has 6 nitrogen and oxygen atoms in total. The molecule has 0 aliphatic rings. The summed E-state index contributed by atoms with van der Waals surface area (Å²) >= 11 is 1.72. The fourth-order valence-electron chi connectivity index (χ4n) is 2.70. The molecule has 0 spiro atoms. The fraction of sp³-hybridized carbons (Fsp3) is 0.471. The van der Waals surface area contributed by atoms with Crippen LogP contribution in [0.15, 0.2) is 12.4 Å². The molecule has 3 rings (SSSR count). The van der Waals surface area contributed by atoms with Crippen molar-refractivity contribution in [1.29, 1.82) is 0 Å². The average Bonchev–Trinajstić information content (AvgIpc) is 3.11. The Balaban J connectivity index is 0.00000169. The average molecular weight is 417 g/mol. The summed E-state index contributed by atoms with van der Waals surface area (Å²) in [4.78, 5) is 11.7. The Labute approximate surface area is 170 Å². The van der Waals surface area contributed by atoms with Gasteiger partial charge in [-0.2, -0.15) is 5.10 Å². The quantitative estimate of drug-likeness (QED) is 0.610. The summed E-state index contributed by atoms with van der Waals surface area (Å²) in [6.07, 6.45) is 5.76. The van der Waals surface area contributed by atoms with Gasteiger partial charge in [-0.25, -0.2) is 9.97 Å². The molecule has 0 atom stereocenters. The van der Waals surface area contributed by atoms with Crippen molar-refractivity contribution >= 4 is 52.2 Å². The molecule has 144 valence electrons. The van der Waals surface area contributed by atoms with Crippen molar-refractivity contribution in [3.05, 3.63) is 34.2 Å². The number of anilines is 1. The van der Waals surface area contributed by atoms with Gasteiger partial charge in [0.15, 0.2) is 0 Å². The highest BCUT2D eigenvalue weighted by Crippen LogP contribution is 2.33. The lowest BCUT2D eigenvalue weighted by molar-refractivity contribution is 0.602. The van der Waals surface area contributed by atoms with Crippen molar-refractivity contribution in [3.63, 3.8) is 0 Å². The molecule has 0 bridgehead atoms. The number of rotatable bonds is 7. The van der Waals surface area contributed by atoms with Crippen LogP contribution in [-0.4, -0.2) is 26.3 Å². The number of nitrogens with zero attached hydrogens (tertiary/aromatic N) is 4. The minimum absolute atomic E-state index is 0. The van der Waals surface area contributed by atoms with Crippen LogP contribution in [0, 0.1) is 13.8 Å². The first-order valence-corrected chi connectivity index (χ1v) is 9.16. The van der Waals surface area contributed by atoms with Gasteiger partial charge in [0.25, 0.3) is 0 Å². The van der Waals surface area contributed by atoms with Crippen LogP contribution >= 0.6 is 36.2 Å². The Morgan fingerprint density at radius 3 is 2.69 bits per heavy atom. The number of aryl methyl sites for hydroxylation is 3. The van der Waals surface area contributed by atoms with Gasteiger partial charge in [-0.05, 0) is 32.4 Å². The van der Waals surface area contributed by atoms with Gasteiger partial charge in [0.2, 0.25) is 0 Å². The van der Waals surface area contributed by atoms with E-state index >= 15 is 0 Å². The maximum atomic E-state index is 5.68. The second-order valence-electron chi connectivity index (χ2n) is 5.96. The topological polar surface area (TPSA) is 81.7 Å². The second-order valence-corrected chi connectivity index (χ2v) is 7.16. The number of aromatic nitrogens is 4. The normalized spacial score (nSPS) is 10.5. The molecule has 3 heterocycles. The molecule has 0 aromatic carbocycles. The maximum Gasteiger partial charge on any atom is 0.139 e. The van der Waals surface area contributed by atoms with E-state index in [9.17, 15) is 0 Å².